The number of aliphatic imine (C=N–C) groups is 1. The maximum Gasteiger partial charge on any atom is 0.356 e. The smallest absolute Gasteiger partial charge is 0.356 e. The maximum atomic E-state index is 13.2. The summed E-state index contributed by atoms with van der Waals surface area (Å²) in [7, 11) is 1.19. The van der Waals surface area contributed by atoms with Crippen LogP contribution >= 0.6 is 0 Å². The molecule has 3 rings (SSSR count). The van der Waals surface area contributed by atoms with Crippen LogP contribution in [-0.2, 0) is 4.74 Å². The van der Waals surface area contributed by atoms with Crippen LogP contribution in [0, 0.1) is 5.82 Å². The number of carbonyl (C=O) groups excluding carboxylic acids is 1. The van der Waals surface area contributed by atoms with Gasteiger partial charge in [0, 0.05) is 6.21 Å². The van der Waals surface area contributed by atoms with Crippen LogP contribution in [0.15, 0.2) is 52.3 Å². The monoisotopic (exact) mass is 397 g/mol. The highest BCUT2D eigenvalue weighted by Gasteiger charge is 2.20. The molecule has 0 fully saturated rings. The second-order valence-corrected chi connectivity index (χ2v) is 6.67. The number of aromatic amines is 1. The van der Waals surface area contributed by atoms with E-state index in [0.29, 0.717) is 5.69 Å². The lowest BCUT2D eigenvalue weighted by atomic mass is 10.0. The van der Waals surface area contributed by atoms with Crippen LogP contribution in [-0.4, -0.2) is 34.2 Å². The Balaban J connectivity index is 2.10. The first-order valence-electron chi connectivity index (χ1n) is 8.88. The van der Waals surface area contributed by atoms with Gasteiger partial charge in [0.15, 0.2) is 5.69 Å². The third-order valence-electron chi connectivity index (χ3n) is 4.40. The molecule has 0 spiro atoms. The molecule has 0 aliphatic heterocycles. The van der Waals surface area contributed by atoms with E-state index in [9.17, 15) is 19.1 Å². The number of methoxy groups -OCH3 is 1. The van der Waals surface area contributed by atoms with Crippen LogP contribution < -0.4 is 5.56 Å². The highest BCUT2D eigenvalue weighted by Crippen LogP contribution is 2.30. The standard InChI is InChI=1S/C21H20FN3O4/c1-12(2)13-4-9-18(26)17(10-13)23-11-16-19(21(28)29-3)24-25(20(16)27)15-7-5-14(22)6-8-15/h4-12,24,26H,1-3H3. The quantitative estimate of drug-likeness (QED) is 0.507. The molecule has 3 aromatic rings. The Bertz CT molecular complexity index is 1130. The SMILES string of the molecule is COC(=O)c1[nH]n(-c2ccc(F)cc2)c(=O)c1C=Nc1cc(C(C)C)ccc1O. The molecule has 2 aromatic carbocycles. The van der Waals surface area contributed by atoms with E-state index in [-0.39, 0.29) is 28.6 Å². The van der Waals surface area contributed by atoms with E-state index < -0.39 is 17.3 Å². The molecule has 0 aliphatic rings. The van der Waals surface area contributed by atoms with Gasteiger partial charge in [-0.3, -0.25) is 14.9 Å². The van der Waals surface area contributed by atoms with Gasteiger partial charge in [-0.2, -0.15) is 0 Å². The molecule has 7 nitrogen and oxygen atoms in total. The molecule has 0 aliphatic carbocycles. The van der Waals surface area contributed by atoms with Gasteiger partial charge < -0.3 is 9.84 Å². The minimum Gasteiger partial charge on any atom is -0.506 e. The summed E-state index contributed by atoms with van der Waals surface area (Å²) in [6, 6.07) is 10.2. The fraction of sp³-hybridized carbons (Fsp3) is 0.190. The number of aromatic hydroxyl groups is 1. The Kier molecular flexibility index (Phi) is 5.63. The summed E-state index contributed by atoms with van der Waals surface area (Å²) in [5.41, 5.74) is 0.841. The van der Waals surface area contributed by atoms with E-state index in [4.69, 9.17) is 4.74 Å². The number of carbonyl (C=O) groups is 1. The van der Waals surface area contributed by atoms with Gasteiger partial charge >= 0.3 is 5.97 Å². The Morgan fingerprint density at radius 2 is 1.93 bits per heavy atom. The van der Waals surface area contributed by atoms with Gasteiger partial charge in [-0.15, -0.1) is 0 Å². The second-order valence-electron chi connectivity index (χ2n) is 6.67. The third kappa shape index (κ3) is 4.11. The van der Waals surface area contributed by atoms with E-state index in [2.05, 4.69) is 10.1 Å². The number of phenols is 1. The van der Waals surface area contributed by atoms with Crippen molar-refractivity contribution in [2.75, 3.05) is 7.11 Å². The average molecular weight is 397 g/mol. The van der Waals surface area contributed by atoms with Crippen molar-refractivity contribution in [3.63, 3.8) is 0 Å². The molecule has 29 heavy (non-hydrogen) atoms. The summed E-state index contributed by atoms with van der Waals surface area (Å²) in [6.45, 7) is 4.01. The van der Waals surface area contributed by atoms with Gasteiger partial charge in [-0.1, -0.05) is 19.9 Å². The molecule has 2 N–H and O–H groups in total. The van der Waals surface area contributed by atoms with Crippen molar-refractivity contribution in [3.05, 3.63) is 75.5 Å². The van der Waals surface area contributed by atoms with Crippen molar-refractivity contribution in [1.29, 1.82) is 0 Å². The van der Waals surface area contributed by atoms with Gasteiger partial charge in [0.25, 0.3) is 5.56 Å². The minimum absolute atomic E-state index is 0.0458. The molecule has 1 heterocycles. The molecule has 0 radical (unpaired) electrons. The highest BCUT2D eigenvalue weighted by molar-refractivity contribution is 5.98. The molecule has 0 saturated heterocycles. The molecule has 0 bridgehead atoms. The summed E-state index contributed by atoms with van der Waals surface area (Å²) >= 11 is 0. The van der Waals surface area contributed by atoms with Crippen molar-refractivity contribution < 1.29 is 19.0 Å². The molecule has 0 amide bonds. The second kappa shape index (κ2) is 8.14. The lowest BCUT2D eigenvalue weighted by molar-refractivity contribution is 0.0593. The zero-order valence-electron chi connectivity index (χ0n) is 16.1. The summed E-state index contributed by atoms with van der Waals surface area (Å²) in [5, 5.41) is 12.7. The highest BCUT2D eigenvalue weighted by atomic mass is 19.1. The van der Waals surface area contributed by atoms with Crippen molar-refractivity contribution in [3.8, 4) is 11.4 Å². The number of phenolic OH excluding ortho intramolecular Hbond substituents is 1. The number of hydrogen-bond acceptors (Lipinski definition) is 5. The van der Waals surface area contributed by atoms with E-state index in [1.807, 2.05) is 13.8 Å². The van der Waals surface area contributed by atoms with Crippen LogP contribution in [0.25, 0.3) is 5.69 Å². The molecular formula is C21H20FN3O4. The zero-order valence-corrected chi connectivity index (χ0v) is 16.1. The van der Waals surface area contributed by atoms with Gasteiger partial charge in [-0.05, 0) is 47.9 Å². The summed E-state index contributed by atoms with van der Waals surface area (Å²) < 4.78 is 19.0. The summed E-state index contributed by atoms with van der Waals surface area (Å²) in [6.07, 6.45) is 1.20. The van der Waals surface area contributed by atoms with E-state index in [1.165, 1.54) is 43.7 Å². The Morgan fingerprint density at radius 1 is 1.24 bits per heavy atom. The number of aromatic nitrogens is 2. The predicted molar refractivity (Wildman–Crippen MR) is 107 cm³/mol. The van der Waals surface area contributed by atoms with E-state index >= 15 is 0 Å². The summed E-state index contributed by atoms with van der Waals surface area (Å²) in [5.74, 6) is -1.05. The number of benzene rings is 2. The normalized spacial score (nSPS) is 11.3. The number of rotatable bonds is 5. The fourth-order valence-corrected chi connectivity index (χ4v) is 2.74. The molecular weight excluding hydrogens is 377 g/mol. The molecule has 1 aromatic heterocycles. The molecule has 150 valence electrons. The first kappa shape index (κ1) is 20.1. The largest absolute Gasteiger partial charge is 0.506 e. The van der Waals surface area contributed by atoms with Gasteiger partial charge in [-0.25, -0.2) is 13.9 Å². The summed E-state index contributed by atoms with van der Waals surface area (Å²) in [4.78, 5) is 29.2. The van der Waals surface area contributed by atoms with Crippen LogP contribution in [0.4, 0.5) is 10.1 Å². The minimum atomic E-state index is -0.760. The number of nitrogens with zero attached hydrogens (tertiary/aromatic N) is 2. The van der Waals surface area contributed by atoms with Gasteiger partial charge in [0.1, 0.15) is 17.3 Å². The Labute approximate surface area is 166 Å². The molecule has 8 heteroatoms. The first-order valence-corrected chi connectivity index (χ1v) is 8.88. The average Bonchev–Trinajstić information content (AvgIpc) is 3.03. The van der Waals surface area contributed by atoms with Crippen molar-refractivity contribution in [2.45, 2.75) is 19.8 Å². The van der Waals surface area contributed by atoms with E-state index in [0.717, 1.165) is 10.2 Å². The zero-order chi connectivity index (χ0) is 21.1. The third-order valence-corrected chi connectivity index (χ3v) is 4.40. The van der Waals surface area contributed by atoms with Crippen LogP contribution in [0.3, 0.4) is 0 Å². The number of ether oxygens (including phenoxy) is 1. The fourth-order valence-electron chi connectivity index (χ4n) is 2.74. The number of nitrogens with one attached hydrogen (secondary N) is 1. The topological polar surface area (TPSA) is 96.7 Å². The molecule has 0 saturated carbocycles. The first-order chi connectivity index (χ1) is 13.8. The predicted octanol–water partition coefficient (Wildman–Crippen LogP) is 3.67. The van der Waals surface area contributed by atoms with Gasteiger partial charge in [0.05, 0.1) is 18.4 Å². The number of H-pyrrole nitrogens is 1. The van der Waals surface area contributed by atoms with Crippen LogP contribution in [0.5, 0.6) is 5.75 Å². The number of halogens is 1. The lowest BCUT2D eigenvalue weighted by Gasteiger charge is -2.07. The number of hydrogen-bond donors (Lipinski definition) is 2. The maximum absolute atomic E-state index is 13.2. The number of esters is 1. The molecule has 0 atom stereocenters. The van der Waals surface area contributed by atoms with Crippen molar-refractivity contribution in [1.82, 2.24) is 9.78 Å². The van der Waals surface area contributed by atoms with Crippen LogP contribution in [0.1, 0.15) is 41.4 Å². The van der Waals surface area contributed by atoms with Crippen molar-refractivity contribution in [2.24, 2.45) is 4.99 Å². The lowest BCUT2D eigenvalue weighted by Crippen LogP contribution is -2.17. The Hall–Kier alpha value is -3.68. The van der Waals surface area contributed by atoms with Gasteiger partial charge in [0.2, 0.25) is 0 Å². The Morgan fingerprint density at radius 3 is 2.55 bits per heavy atom. The van der Waals surface area contributed by atoms with Crippen LogP contribution in [0.2, 0.25) is 0 Å². The van der Waals surface area contributed by atoms with E-state index in [1.54, 1.807) is 12.1 Å². The van der Waals surface area contributed by atoms with Crippen molar-refractivity contribution >= 4 is 17.9 Å². The molecule has 0 unspecified atom stereocenters.